The Morgan fingerprint density at radius 1 is 0.353 bits per heavy atom. The van der Waals surface area contributed by atoms with E-state index in [0.29, 0.717) is 0 Å². The van der Waals surface area contributed by atoms with E-state index in [2.05, 4.69) is 76.2 Å². The molecular formula is C34H72. The molecule has 0 aliphatic carbocycles. The second-order valence-corrected chi connectivity index (χ2v) is 13.9. The molecule has 0 heteroatoms. The average Bonchev–Trinajstić information content (AvgIpc) is 2.66. The Kier molecular flexibility index (Phi) is 22.5. The summed E-state index contributed by atoms with van der Waals surface area (Å²) in [5.41, 5.74) is 0. The van der Waals surface area contributed by atoms with Gasteiger partial charge in [-0.2, -0.15) is 0 Å². The lowest BCUT2D eigenvalue weighted by atomic mass is 9.82. The van der Waals surface area contributed by atoms with Crippen LogP contribution in [0.15, 0.2) is 0 Å². The Labute approximate surface area is 220 Å². The Balaban J connectivity index is 0. The van der Waals surface area contributed by atoms with Crippen LogP contribution in [0, 0.1) is 53.3 Å². The van der Waals surface area contributed by atoms with Crippen molar-refractivity contribution >= 4 is 0 Å². The third-order valence-corrected chi connectivity index (χ3v) is 8.38. The summed E-state index contributed by atoms with van der Waals surface area (Å²) in [7, 11) is 0. The minimum atomic E-state index is 0. The molecule has 0 nitrogen and oxygen atoms in total. The summed E-state index contributed by atoms with van der Waals surface area (Å²) in [6.07, 6.45) is 18.5. The summed E-state index contributed by atoms with van der Waals surface area (Å²) in [6.45, 7) is 26.9. The molecule has 0 aromatic heterocycles. The van der Waals surface area contributed by atoms with Crippen LogP contribution in [0.3, 0.4) is 0 Å². The van der Waals surface area contributed by atoms with Crippen LogP contribution in [-0.2, 0) is 0 Å². The highest BCUT2D eigenvalue weighted by atomic mass is 14.2. The zero-order valence-electron chi connectivity index (χ0n) is 25.4. The Hall–Kier alpha value is 0. The maximum atomic E-state index is 2.51. The highest BCUT2D eigenvalue weighted by Crippen LogP contribution is 2.29. The van der Waals surface area contributed by atoms with E-state index in [-0.39, 0.29) is 7.43 Å². The molecule has 0 radical (unpaired) electrons. The molecule has 0 aliphatic rings. The molecular weight excluding hydrogens is 408 g/mol. The molecule has 34 heavy (non-hydrogen) atoms. The molecule has 208 valence electrons. The molecule has 8 unspecified atom stereocenters. The van der Waals surface area contributed by atoms with Crippen molar-refractivity contribution in [2.24, 2.45) is 53.3 Å². The summed E-state index contributed by atoms with van der Waals surface area (Å²) < 4.78 is 0. The topological polar surface area (TPSA) is 0 Å². The van der Waals surface area contributed by atoms with Gasteiger partial charge in [-0.15, -0.1) is 0 Å². The van der Waals surface area contributed by atoms with E-state index in [9.17, 15) is 0 Å². The van der Waals surface area contributed by atoms with E-state index in [4.69, 9.17) is 0 Å². The zero-order chi connectivity index (χ0) is 25.4. The lowest BCUT2D eigenvalue weighted by Crippen LogP contribution is -2.12. The molecule has 8 atom stereocenters. The average molecular weight is 481 g/mol. The predicted molar refractivity (Wildman–Crippen MR) is 161 cm³/mol. The zero-order valence-corrected chi connectivity index (χ0v) is 25.4. The van der Waals surface area contributed by atoms with Crippen LogP contribution in [0.1, 0.15) is 167 Å². The fraction of sp³-hybridized carbons (Fsp3) is 1.00. The lowest BCUT2D eigenvalue weighted by molar-refractivity contribution is 0.277. The summed E-state index contributed by atoms with van der Waals surface area (Å²) in [5.74, 6) is 8.06. The quantitative estimate of drug-likeness (QED) is 0.153. The van der Waals surface area contributed by atoms with Crippen molar-refractivity contribution in [1.82, 2.24) is 0 Å². The number of hydrogen-bond acceptors (Lipinski definition) is 0. The molecule has 0 aromatic carbocycles. The molecule has 0 amide bonds. The van der Waals surface area contributed by atoms with E-state index in [0.717, 1.165) is 53.3 Å². The second kappa shape index (κ2) is 21.1. The van der Waals surface area contributed by atoms with Crippen LogP contribution in [0.5, 0.6) is 0 Å². The van der Waals surface area contributed by atoms with Crippen LogP contribution in [-0.4, -0.2) is 0 Å². The van der Waals surface area contributed by atoms with Gasteiger partial charge in [0.15, 0.2) is 0 Å². The van der Waals surface area contributed by atoms with Gasteiger partial charge in [0.25, 0.3) is 0 Å². The smallest absolute Gasteiger partial charge is 0.0438 e. The number of rotatable bonds is 21. The standard InChI is InChI=1S/C33H68.CH4/c1-12-26(4)20-31(9)23-33(11)24-32(10)22-29(7)18-14-16-27(5)15-13-17-28(6)21-30(8)19-25(2)3;/h25-33H,12-24H2,1-11H3;1H4. The first-order valence-corrected chi connectivity index (χ1v) is 15.4. The molecule has 0 heterocycles. The Morgan fingerprint density at radius 3 is 1.00 bits per heavy atom. The van der Waals surface area contributed by atoms with Crippen molar-refractivity contribution in [3.8, 4) is 0 Å². The van der Waals surface area contributed by atoms with Crippen molar-refractivity contribution in [3.63, 3.8) is 0 Å². The van der Waals surface area contributed by atoms with E-state index in [1.807, 2.05) is 0 Å². The van der Waals surface area contributed by atoms with Gasteiger partial charge in [-0.1, -0.05) is 129 Å². The normalized spacial score (nSPS) is 19.1. The molecule has 0 aromatic rings. The van der Waals surface area contributed by atoms with Crippen molar-refractivity contribution in [2.45, 2.75) is 167 Å². The van der Waals surface area contributed by atoms with Gasteiger partial charge in [-0.3, -0.25) is 0 Å². The fourth-order valence-electron chi connectivity index (χ4n) is 6.80. The third kappa shape index (κ3) is 21.3. The summed E-state index contributed by atoms with van der Waals surface area (Å²) >= 11 is 0. The van der Waals surface area contributed by atoms with Gasteiger partial charge < -0.3 is 0 Å². The highest BCUT2D eigenvalue weighted by Gasteiger charge is 2.17. The molecule has 0 bridgehead atoms. The van der Waals surface area contributed by atoms with Gasteiger partial charge in [0, 0.05) is 0 Å². The van der Waals surface area contributed by atoms with Crippen molar-refractivity contribution < 1.29 is 0 Å². The van der Waals surface area contributed by atoms with Gasteiger partial charge in [-0.05, 0) is 91.8 Å². The van der Waals surface area contributed by atoms with E-state index in [1.165, 1.54) is 83.5 Å². The molecule has 0 fully saturated rings. The maximum Gasteiger partial charge on any atom is -0.0438 e. The minimum absolute atomic E-state index is 0. The maximum absolute atomic E-state index is 2.51. The van der Waals surface area contributed by atoms with Gasteiger partial charge in [-0.25, -0.2) is 0 Å². The molecule has 0 rings (SSSR count). The van der Waals surface area contributed by atoms with Crippen LogP contribution in [0.25, 0.3) is 0 Å². The molecule has 0 N–H and O–H groups in total. The van der Waals surface area contributed by atoms with Crippen LogP contribution < -0.4 is 0 Å². The van der Waals surface area contributed by atoms with Gasteiger partial charge in [0.1, 0.15) is 0 Å². The molecule has 0 saturated heterocycles. The number of hydrogen-bond donors (Lipinski definition) is 0. The van der Waals surface area contributed by atoms with Gasteiger partial charge >= 0.3 is 0 Å². The third-order valence-electron chi connectivity index (χ3n) is 8.38. The van der Waals surface area contributed by atoms with Crippen molar-refractivity contribution in [1.29, 1.82) is 0 Å². The van der Waals surface area contributed by atoms with Gasteiger partial charge in [0.2, 0.25) is 0 Å². The summed E-state index contributed by atoms with van der Waals surface area (Å²) in [6, 6.07) is 0. The van der Waals surface area contributed by atoms with Gasteiger partial charge in [0.05, 0.1) is 0 Å². The van der Waals surface area contributed by atoms with E-state index in [1.54, 1.807) is 0 Å². The molecule has 0 spiro atoms. The second-order valence-electron chi connectivity index (χ2n) is 13.9. The largest absolute Gasteiger partial charge is 0.0776 e. The predicted octanol–water partition coefficient (Wildman–Crippen LogP) is 12.5. The van der Waals surface area contributed by atoms with Crippen molar-refractivity contribution in [3.05, 3.63) is 0 Å². The Morgan fingerprint density at radius 2 is 0.647 bits per heavy atom. The monoisotopic (exact) mass is 481 g/mol. The lowest BCUT2D eigenvalue weighted by Gasteiger charge is -2.24. The summed E-state index contributed by atoms with van der Waals surface area (Å²) in [5, 5.41) is 0. The van der Waals surface area contributed by atoms with E-state index >= 15 is 0 Å². The SMILES string of the molecule is C.CCC(C)CC(C)CC(C)CC(C)CC(C)CCCC(C)CCCC(C)CC(C)CC(C)C. The fourth-order valence-corrected chi connectivity index (χ4v) is 6.80. The highest BCUT2D eigenvalue weighted by molar-refractivity contribution is 4.68. The van der Waals surface area contributed by atoms with Crippen molar-refractivity contribution in [2.75, 3.05) is 0 Å². The Bertz CT molecular complexity index is 424. The first-order chi connectivity index (χ1) is 15.4. The molecule has 0 saturated carbocycles. The van der Waals surface area contributed by atoms with Crippen LogP contribution in [0.4, 0.5) is 0 Å². The molecule has 0 aliphatic heterocycles. The van der Waals surface area contributed by atoms with Crippen LogP contribution in [0.2, 0.25) is 0 Å². The summed E-state index contributed by atoms with van der Waals surface area (Å²) in [4.78, 5) is 0. The van der Waals surface area contributed by atoms with E-state index < -0.39 is 0 Å². The van der Waals surface area contributed by atoms with Crippen LogP contribution >= 0.6 is 0 Å². The first kappa shape index (κ1) is 36.2. The minimum Gasteiger partial charge on any atom is -0.0776 e. The first-order valence-electron chi connectivity index (χ1n) is 15.4.